The van der Waals surface area contributed by atoms with Crippen LogP contribution in [0.5, 0.6) is 0 Å². The molecule has 1 heterocycles. The zero-order valence-corrected chi connectivity index (χ0v) is 14.1. The Balaban J connectivity index is 1.70. The summed E-state index contributed by atoms with van der Waals surface area (Å²) in [6, 6.07) is 16.0. The molecule has 1 atom stereocenters. The quantitative estimate of drug-likeness (QED) is 0.751. The second-order valence-corrected chi connectivity index (χ2v) is 6.78. The molecule has 2 aromatic rings. The van der Waals surface area contributed by atoms with Crippen LogP contribution in [0.3, 0.4) is 0 Å². The van der Waals surface area contributed by atoms with Gasteiger partial charge in [-0.05, 0) is 49.5 Å². The van der Waals surface area contributed by atoms with Crippen molar-refractivity contribution in [3.8, 4) is 0 Å². The van der Waals surface area contributed by atoms with E-state index in [2.05, 4.69) is 65.9 Å². The Bertz CT molecular complexity index is 593. The summed E-state index contributed by atoms with van der Waals surface area (Å²) < 4.78 is 2.40. The molecule has 1 fully saturated rings. The van der Waals surface area contributed by atoms with E-state index in [1.54, 1.807) is 4.90 Å². The minimum absolute atomic E-state index is 0.807. The molecular formula is C21H29N2+. The van der Waals surface area contributed by atoms with Crippen LogP contribution in [0.2, 0.25) is 0 Å². The van der Waals surface area contributed by atoms with E-state index < -0.39 is 0 Å². The molecule has 0 saturated heterocycles. The highest BCUT2D eigenvalue weighted by atomic mass is 15.2. The van der Waals surface area contributed by atoms with Crippen LogP contribution in [0, 0.1) is 0 Å². The van der Waals surface area contributed by atoms with Crippen LogP contribution < -0.4 is 4.90 Å². The number of hydrogen-bond donors (Lipinski definition) is 1. The van der Waals surface area contributed by atoms with Crippen molar-refractivity contribution in [2.45, 2.75) is 51.2 Å². The predicted molar refractivity (Wildman–Crippen MR) is 96.6 cm³/mol. The lowest BCUT2D eigenvalue weighted by molar-refractivity contribution is -0.935. The molecule has 2 heteroatoms. The Labute approximate surface area is 140 Å². The molecule has 2 nitrogen and oxygen atoms in total. The maximum atomic E-state index is 3.99. The van der Waals surface area contributed by atoms with Crippen molar-refractivity contribution in [3.63, 3.8) is 0 Å². The van der Waals surface area contributed by atoms with Gasteiger partial charge in [-0.15, -0.1) is 0 Å². The highest BCUT2D eigenvalue weighted by Crippen LogP contribution is 2.16. The maximum Gasteiger partial charge on any atom is 0.118 e. The van der Waals surface area contributed by atoms with Crippen molar-refractivity contribution in [2.24, 2.45) is 0 Å². The number of aromatic nitrogens is 1. The molecule has 1 unspecified atom stereocenters. The summed E-state index contributed by atoms with van der Waals surface area (Å²) >= 11 is 0. The SMILES string of the molecule is C=CC[NH+](Cc1cccn1Cc1ccccc1)C1CCCCC1. The zero-order valence-electron chi connectivity index (χ0n) is 14.1. The Morgan fingerprint density at radius 1 is 1.04 bits per heavy atom. The van der Waals surface area contributed by atoms with E-state index >= 15 is 0 Å². The van der Waals surface area contributed by atoms with Gasteiger partial charge in [0.05, 0.1) is 18.3 Å². The van der Waals surface area contributed by atoms with Crippen LogP contribution in [-0.4, -0.2) is 17.2 Å². The Morgan fingerprint density at radius 3 is 2.57 bits per heavy atom. The van der Waals surface area contributed by atoms with Crippen molar-refractivity contribution in [2.75, 3.05) is 6.54 Å². The fraction of sp³-hybridized carbons (Fsp3) is 0.429. The van der Waals surface area contributed by atoms with Crippen molar-refractivity contribution >= 4 is 0 Å². The third-order valence-corrected chi connectivity index (χ3v) is 5.12. The molecule has 0 radical (unpaired) electrons. The number of rotatable bonds is 7. The number of nitrogens with one attached hydrogen (secondary N) is 1. The van der Waals surface area contributed by atoms with Gasteiger partial charge in [0.15, 0.2) is 0 Å². The average molecular weight is 309 g/mol. The lowest BCUT2D eigenvalue weighted by Gasteiger charge is -2.31. The minimum atomic E-state index is 0.807. The van der Waals surface area contributed by atoms with E-state index in [-0.39, 0.29) is 0 Å². The van der Waals surface area contributed by atoms with Crippen molar-refractivity contribution in [3.05, 3.63) is 72.6 Å². The molecule has 1 N–H and O–H groups in total. The molecule has 122 valence electrons. The normalized spacial score (nSPS) is 17.0. The molecular weight excluding hydrogens is 280 g/mol. The number of quaternary nitrogens is 1. The van der Waals surface area contributed by atoms with E-state index in [9.17, 15) is 0 Å². The highest BCUT2D eigenvalue weighted by Gasteiger charge is 2.24. The van der Waals surface area contributed by atoms with Gasteiger partial charge < -0.3 is 9.47 Å². The third-order valence-electron chi connectivity index (χ3n) is 5.12. The zero-order chi connectivity index (χ0) is 15.9. The van der Waals surface area contributed by atoms with Gasteiger partial charge >= 0.3 is 0 Å². The summed E-state index contributed by atoms with van der Waals surface area (Å²) in [5.74, 6) is 0. The van der Waals surface area contributed by atoms with Gasteiger partial charge in [-0.25, -0.2) is 0 Å². The lowest BCUT2D eigenvalue weighted by atomic mass is 9.94. The second-order valence-electron chi connectivity index (χ2n) is 6.78. The molecule has 1 aliphatic carbocycles. The molecule has 1 saturated carbocycles. The minimum Gasteiger partial charge on any atom is -0.342 e. The van der Waals surface area contributed by atoms with Crippen LogP contribution in [0.4, 0.5) is 0 Å². The van der Waals surface area contributed by atoms with Gasteiger partial charge in [0.2, 0.25) is 0 Å². The van der Waals surface area contributed by atoms with Gasteiger partial charge in [0.25, 0.3) is 0 Å². The van der Waals surface area contributed by atoms with Gasteiger partial charge in [-0.1, -0.05) is 43.3 Å². The highest BCUT2D eigenvalue weighted by molar-refractivity contribution is 5.17. The first kappa shape index (κ1) is 16.1. The summed E-state index contributed by atoms with van der Waals surface area (Å²) in [4.78, 5) is 1.69. The summed E-state index contributed by atoms with van der Waals surface area (Å²) in [5, 5.41) is 0. The Hall–Kier alpha value is -1.80. The fourth-order valence-electron chi connectivity index (χ4n) is 3.86. The van der Waals surface area contributed by atoms with Crippen LogP contribution in [0.15, 0.2) is 61.3 Å². The van der Waals surface area contributed by atoms with Gasteiger partial charge in [-0.2, -0.15) is 0 Å². The van der Waals surface area contributed by atoms with E-state index in [4.69, 9.17) is 0 Å². The lowest BCUT2D eigenvalue weighted by Crippen LogP contribution is -3.14. The van der Waals surface area contributed by atoms with Crippen molar-refractivity contribution in [1.82, 2.24) is 4.57 Å². The smallest absolute Gasteiger partial charge is 0.118 e. The fourth-order valence-corrected chi connectivity index (χ4v) is 3.86. The molecule has 3 rings (SSSR count). The average Bonchev–Trinajstić information content (AvgIpc) is 3.03. The number of benzene rings is 1. The molecule has 1 aliphatic rings. The molecule has 0 bridgehead atoms. The van der Waals surface area contributed by atoms with Crippen LogP contribution in [0.25, 0.3) is 0 Å². The molecule has 0 spiro atoms. The first-order valence-corrected chi connectivity index (χ1v) is 9.00. The first-order valence-electron chi connectivity index (χ1n) is 9.00. The van der Waals surface area contributed by atoms with Crippen molar-refractivity contribution < 1.29 is 4.90 Å². The summed E-state index contributed by atoms with van der Waals surface area (Å²) in [5.41, 5.74) is 2.81. The van der Waals surface area contributed by atoms with E-state index in [1.165, 1.54) is 43.4 Å². The second kappa shape index (κ2) is 8.16. The van der Waals surface area contributed by atoms with E-state index in [0.717, 1.165) is 25.7 Å². The standard InChI is InChI=1S/C21H28N2/c1-2-15-22(20-12-7-4-8-13-20)18-21-14-9-16-23(21)17-19-10-5-3-6-11-19/h2-3,5-6,9-11,14,16,20H,1,4,7-8,12-13,15,17-18H2/p+1. The maximum absolute atomic E-state index is 3.99. The predicted octanol–water partition coefficient (Wildman–Crippen LogP) is 3.44. The topological polar surface area (TPSA) is 9.37 Å². The number of hydrogen-bond acceptors (Lipinski definition) is 0. The van der Waals surface area contributed by atoms with Crippen LogP contribution >= 0.6 is 0 Å². The number of nitrogens with zero attached hydrogens (tertiary/aromatic N) is 1. The van der Waals surface area contributed by atoms with Crippen LogP contribution in [0.1, 0.15) is 43.4 Å². The molecule has 23 heavy (non-hydrogen) atoms. The molecule has 1 aromatic carbocycles. The molecule has 0 aliphatic heterocycles. The molecule has 0 amide bonds. The van der Waals surface area contributed by atoms with Gasteiger partial charge in [-0.3, -0.25) is 0 Å². The van der Waals surface area contributed by atoms with E-state index in [0.29, 0.717) is 0 Å². The summed E-state index contributed by atoms with van der Waals surface area (Å²) in [7, 11) is 0. The van der Waals surface area contributed by atoms with Crippen molar-refractivity contribution in [1.29, 1.82) is 0 Å². The third kappa shape index (κ3) is 4.35. The van der Waals surface area contributed by atoms with Gasteiger partial charge in [0.1, 0.15) is 6.54 Å². The first-order chi connectivity index (χ1) is 11.4. The van der Waals surface area contributed by atoms with E-state index in [1.807, 2.05) is 0 Å². The Kier molecular flexibility index (Phi) is 5.71. The summed E-state index contributed by atoms with van der Waals surface area (Å²) in [6.45, 7) is 7.13. The van der Waals surface area contributed by atoms with Crippen LogP contribution in [-0.2, 0) is 13.1 Å². The van der Waals surface area contributed by atoms with Gasteiger partial charge in [0, 0.05) is 12.7 Å². The largest absolute Gasteiger partial charge is 0.342 e. The monoisotopic (exact) mass is 309 g/mol. The summed E-state index contributed by atoms with van der Waals surface area (Å²) in [6.07, 6.45) is 11.3. The molecule has 1 aromatic heterocycles. The Morgan fingerprint density at radius 2 is 1.83 bits per heavy atom.